The Bertz CT molecular complexity index is 1820. The van der Waals surface area contributed by atoms with E-state index in [1.165, 1.54) is 18.3 Å². The summed E-state index contributed by atoms with van der Waals surface area (Å²) in [5.41, 5.74) is 2.91. The molecule has 0 bridgehead atoms. The fourth-order valence-electron chi connectivity index (χ4n) is 3.82. The van der Waals surface area contributed by atoms with Crippen LogP contribution in [0.4, 0.5) is 0 Å². The summed E-state index contributed by atoms with van der Waals surface area (Å²) in [6.45, 7) is 0.0459. The highest BCUT2D eigenvalue weighted by Crippen LogP contribution is 2.16. The summed E-state index contributed by atoms with van der Waals surface area (Å²) in [7, 11) is 0. The number of benzene rings is 3. The van der Waals surface area contributed by atoms with Crippen LogP contribution in [0.2, 0.25) is 5.02 Å². The number of nitrogens with one attached hydrogen (secondary N) is 3. The Hall–Kier alpha value is -4.76. The molecular formula is C26H18ClN5O4. The van der Waals surface area contributed by atoms with E-state index in [-0.39, 0.29) is 28.7 Å². The number of pyridine rings is 1. The third-order valence-corrected chi connectivity index (χ3v) is 5.86. The average Bonchev–Trinajstić information content (AvgIpc) is 2.88. The van der Waals surface area contributed by atoms with Crippen molar-refractivity contribution in [3.63, 3.8) is 0 Å². The summed E-state index contributed by atoms with van der Waals surface area (Å²) < 4.78 is 1.10. The lowest BCUT2D eigenvalue weighted by atomic mass is 10.1. The van der Waals surface area contributed by atoms with Gasteiger partial charge in [-0.25, -0.2) is 10.1 Å². The van der Waals surface area contributed by atoms with Crippen molar-refractivity contribution in [3.8, 4) is 0 Å². The zero-order chi connectivity index (χ0) is 25.2. The van der Waals surface area contributed by atoms with Gasteiger partial charge in [0, 0.05) is 16.0 Å². The van der Waals surface area contributed by atoms with Gasteiger partial charge in [0.05, 0.1) is 18.3 Å². The molecule has 9 nitrogen and oxygen atoms in total. The molecule has 0 aliphatic heterocycles. The largest absolute Gasteiger partial charge is 0.350 e. The molecule has 0 radical (unpaired) electrons. The molecule has 1 amide bonds. The van der Waals surface area contributed by atoms with E-state index in [9.17, 15) is 19.2 Å². The summed E-state index contributed by atoms with van der Waals surface area (Å²) in [5.74, 6) is -0.325. The van der Waals surface area contributed by atoms with Gasteiger partial charge < -0.3 is 4.98 Å². The van der Waals surface area contributed by atoms with E-state index < -0.39 is 16.5 Å². The highest BCUT2D eigenvalue weighted by Gasteiger charge is 2.15. The number of rotatable bonds is 5. The number of hydrazone groups is 1. The van der Waals surface area contributed by atoms with E-state index in [4.69, 9.17) is 11.6 Å². The van der Waals surface area contributed by atoms with Gasteiger partial charge in [0.25, 0.3) is 17.0 Å². The first-order valence-electron chi connectivity index (χ1n) is 10.9. The van der Waals surface area contributed by atoms with Crippen LogP contribution in [0.3, 0.4) is 0 Å². The van der Waals surface area contributed by atoms with Gasteiger partial charge in [-0.2, -0.15) is 5.10 Å². The smallest absolute Gasteiger partial charge is 0.287 e. The second-order valence-electron chi connectivity index (χ2n) is 8.03. The van der Waals surface area contributed by atoms with Crippen LogP contribution in [-0.2, 0) is 6.54 Å². The van der Waals surface area contributed by atoms with Crippen LogP contribution >= 0.6 is 11.6 Å². The third-order valence-electron chi connectivity index (χ3n) is 5.62. The van der Waals surface area contributed by atoms with Gasteiger partial charge in [-0.3, -0.25) is 24.3 Å². The molecule has 0 saturated heterocycles. The van der Waals surface area contributed by atoms with E-state index in [1.807, 2.05) is 6.07 Å². The summed E-state index contributed by atoms with van der Waals surface area (Å²) in [5, 5.41) is 6.93. The first kappa shape index (κ1) is 23.0. The molecule has 0 aliphatic carbocycles. The van der Waals surface area contributed by atoms with Gasteiger partial charge in [0.15, 0.2) is 0 Å². The van der Waals surface area contributed by atoms with Gasteiger partial charge in [0.1, 0.15) is 10.9 Å². The molecule has 10 heteroatoms. The summed E-state index contributed by atoms with van der Waals surface area (Å²) in [6.07, 6.45) is 1.49. The Morgan fingerprint density at radius 1 is 1.00 bits per heavy atom. The van der Waals surface area contributed by atoms with Crippen molar-refractivity contribution in [3.05, 3.63) is 125 Å². The maximum Gasteiger partial charge on any atom is 0.287 e. The summed E-state index contributed by atoms with van der Waals surface area (Å²) >= 11 is 5.99. The van der Waals surface area contributed by atoms with Crippen molar-refractivity contribution in [2.24, 2.45) is 5.10 Å². The molecule has 3 N–H and O–H groups in total. The summed E-state index contributed by atoms with van der Waals surface area (Å²) in [6, 6.07) is 20.3. The van der Waals surface area contributed by atoms with Crippen molar-refractivity contribution < 1.29 is 4.79 Å². The zero-order valence-corrected chi connectivity index (χ0v) is 19.4. The first-order chi connectivity index (χ1) is 17.4. The SMILES string of the molecule is O=C(N/N=C\c1ccc(Cn2[nH]c(=O)c3[nH]c4cc(Cl)ccc4c(=O)c3c2=O)cc1)c1ccccc1. The van der Waals surface area contributed by atoms with Crippen LogP contribution in [0, 0.1) is 0 Å². The number of halogens is 1. The molecule has 5 aromatic rings. The van der Waals surface area contributed by atoms with E-state index in [2.05, 4.69) is 20.6 Å². The molecule has 0 aliphatic rings. The van der Waals surface area contributed by atoms with E-state index in [0.29, 0.717) is 27.2 Å². The van der Waals surface area contributed by atoms with Crippen LogP contribution in [0.15, 0.2) is 92.3 Å². The number of fused-ring (bicyclic) bond motifs is 2. The molecule has 178 valence electrons. The van der Waals surface area contributed by atoms with Crippen molar-refractivity contribution in [2.45, 2.75) is 6.54 Å². The maximum atomic E-state index is 13.1. The Balaban J connectivity index is 1.39. The van der Waals surface area contributed by atoms with Crippen LogP contribution < -0.4 is 22.0 Å². The number of aromatic amines is 2. The van der Waals surface area contributed by atoms with Gasteiger partial charge in [-0.1, -0.05) is 54.1 Å². The highest BCUT2D eigenvalue weighted by atomic mass is 35.5. The van der Waals surface area contributed by atoms with Crippen LogP contribution in [0.5, 0.6) is 0 Å². The zero-order valence-electron chi connectivity index (χ0n) is 18.6. The number of amides is 1. The van der Waals surface area contributed by atoms with Gasteiger partial charge in [0.2, 0.25) is 5.43 Å². The lowest BCUT2D eigenvalue weighted by Gasteiger charge is -2.08. The monoisotopic (exact) mass is 499 g/mol. The molecule has 0 fully saturated rings. The number of H-pyrrole nitrogens is 2. The Morgan fingerprint density at radius 3 is 2.50 bits per heavy atom. The Kier molecular flexibility index (Phi) is 6.05. The van der Waals surface area contributed by atoms with Crippen molar-refractivity contribution in [2.75, 3.05) is 0 Å². The molecule has 0 saturated carbocycles. The minimum Gasteiger partial charge on any atom is -0.350 e. The maximum absolute atomic E-state index is 13.1. The normalized spacial score (nSPS) is 11.4. The minimum absolute atomic E-state index is 0.0459. The van der Waals surface area contributed by atoms with Crippen LogP contribution in [-0.4, -0.2) is 26.9 Å². The average molecular weight is 500 g/mol. The number of hydrogen-bond donors (Lipinski definition) is 3. The first-order valence-corrected chi connectivity index (χ1v) is 11.2. The highest BCUT2D eigenvalue weighted by molar-refractivity contribution is 6.31. The molecule has 2 aromatic heterocycles. The quantitative estimate of drug-likeness (QED) is 0.195. The van der Waals surface area contributed by atoms with Gasteiger partial charge in [-0.15, -0.1) is 0 Å². The summed E-state index contributed by atoms with van der Waals surface area (Å²) in [4.78, 5) is 53.7. The van der Waals surface area contributed by atoms with Crippen molar-refractivity contribution >= 4 is 45.5 Å². The molecule has 3 aromatic carbocycles. The standard InChI is InChI=1S/C26H18ClN5O4/c27-18-10-11-19-20(12-18)29-22-21(23(19)33)26(36)32(31-25(22)35)14-16-8-6-15(7-9-16)13-28-30-24(34)17-4-2-1-3-5-17/h1-13H,14H2,(H,29,33)(H,30,34)(H,31,35)/b28-13-. The fourth-order valence-corrected chi connectivity index (χ4v) is 4.00. The molecule has 5 rings (SSSR count). The third kappa shape index (κ3) is 4.47. The molecule has 0 atom stereocenters. The van der Waals surface area contributed by atoms with Crippen molar-refractivity contribution in [1.29, 1.82) is 0 Å². The van der Waals surface area contributed by atoms with E-state index >= 15 is 0 Å². The predicted molar refractivity (Wildman–Crippen MR) is 139 cm³/mol. The topological polar surface area (TPSA) is 129 Å². The molecule has 2 heterocycles. The second-order valence-corrected chi connectivity index (χ2v) is 8.47. The number of carbonyl (C=O) groups excluding carboxylic acids is 1. The molecule has 0 unspecified atom stereocenters. The fraction of sp³-hybridized carbons (Fsp3) is 0.0385. The van der Waals surface area contributed by atoms with Crippen LogP contribution in [0.1, 0.15) is 21.5 Å². The van der Waals surface area contributed by atoms with E-state index in [1.54, 1.807) is 54.6 Å². The number of carbonyl (C=O) groups is 1. The molecular weight excluding hydrogens is 482 g/mol. The molecule has 36 heavy (non-hydrogen) atoms. The van der Waals surface area contributed by atoms with E-state index in [0.717, 1.165) is 4.68 Å². The predicted octanol–water partition coefficient (Wildman–Crippen LogP) is 3.00. The number of hydrogen-bond acceptors (Lipinski definition) is 5. The Morgan fingerprint density at radius 2 is 1.75 bits per heavy atom. The van der Waals surface area contributed by atoms with Crippen molar-refractivity contribution in [1.82, 2.24) is 20.2 Å². The lowest BCUT2D eigenvalue weighted by Crippen LogP contribution is -2.34. The number of aromatic nitrogens is 3. The van der Waals surface area contributed by atoms with Gasteiger partial charge >= 0.3 is 0 Å². The van der Waals surface area contributed by atoms with Gasteiger partial charge in [-0.05, 0) is 41.5 Å². The molecule has 0 spiro atoms. The van der Waals surface area contributed by atoms with Crippen LogP contribution in [0.25, 0.3) is 21.8 Å². The second kappa shape index (κ2) is 9.47. The Labute approximate surface area is 207 Å². The lowest BCUT2D eigenvalue weighted by molar-refractivity contribution is 0.0955. The number of nitrogens with zero attached hydrogens (tertiary/aromatic N) is 2. The minimum atomic E-state index is -0.614.